The predicted octanol–water partition coefficient (Wildman–Crippen LogP) is -0.255. The van der Waals surface area contributed by atoms with Crippen molar-refractivity contribution in [1.29, 1.82) is 0 Å². The Labute approximate surface area is 55.7 Å². The molecule has 1 fully saturated rings. The first-order valence-electron chi connectivity index (χ1n) is 3.34. The Hall–Kier alpha value is -0.120. The number of hydrogen-bond donors (Lipinski definition) is 2. The Bertz CT molecular complexity index is 87.1. The van der Waals surface area contributed by atoms with Gasteiger partial charge in [-0.15, -0.1) is 0 Å². The van der Waals surface area contributed by atoms with Gasteiger partial charge in [0.1, 0.15) is 0 Å². The van der Waals surface area contributed by atoms with Crippen LogP contribution in [0.2, 0.25) is 0 Å². The second kappa shape index (κ2) is 3.15. The summed E-state index contributed by atoms with van der Waals surface area (Å²) in [6.45, 7) is 0.835. The van der Waals surface area contributed by atoms with Gasteiger partial charge < -0.3 is 10.2 Å². The minimum absolute atomic E-state index is 0.707. The maximum Gasteiger partial charge on any atom is 0.0725 e. The largest absolute Gasteiger partial charge is 0.317 e. The van der Waals surface area contributed by atoms with Gasteiger partial charge in [-0.05, 0) is 13.5 Å². The van der Waals surface area contributed by atoms with Gasteiger partial charge in [-0.3, -0.25) is 0 Å². The van der Waals surface area contributed by atoms with E-state index in [1.54, 1.807) is 7.05 Å². The van der Waals surface area contributed by atoms with Crippen LogP contribution in [0.1, 0.15) is 6.42 Å². The molecule has 0 heterocycles. The highest BCUT2D eigenvalue weighted by molar-refractivity contribution is 4.91. The van der Waals surface area contributed by atoms with E-state index < -0.39 is 0 Å². The molecule has 9 heavy (non-hydrogen) atoms. The van der Waals surface area contributed by atoms with Gasteiger partial charge in [0.2, 0.25) is 0 Å². The van der Waals surface area contributed by atoms with Crippen molar-refractivity contribution in [3.05, 3.63) is 0 Å². The molecule has 0 aromatic heterocycles. The molecule has 0 amide bonds. The molecule has 2 atom stereocenters. The first-order chi connectivity index (χ1) is 4.38. The van der Waals surface area contributed by atoms with Crippen LogP contribution >= 0.6 is 0 Å². The molecule has 54 valence electrons. The zero-order chi connectivity index (χ0) is 6.69. The van der Waals surface area contributed by atoms with Crippen LogP contribution in [0.3, 0.4) is 0 Å². The molecule has 1 aliphatic carbocycles. The molecular weight excluding hydrogens is 116 g/mol. The van der Waals surface area contributed by atoms with Crippen molar-refractivity contribution in [3.63, 3.8) is 0 Å². The summed E-state index contributed by atoms with van der Waals surface area (Å²) in [6, 6.07) is 0.707. The normalized spacial score (nSPS) is 32.7. The molecule has 0 spiro atoms. The summed E-state index contributed by atoms with van der Waals surface area (Å²) in [4.78, 5) is 5.00. The number of nitrogens with one attached hydrogen (secondary N) is 2. The lowest BCUT2D eigenvalue weighted by atomic mass is 10.4. The summed E-state index contributed by atoms with van der Waals surface area (Å²) >= 11 is 0. The summed E-state index contributed by atoms with van der Waals surface area (Å²) in [6.07, 6.45) is 1.26. The molecule has 2 unspecified atom stereocenters. The van der Waals surface area contributed by atoms with Crippen molar-refractivity contribution >= 4 is 0 Å². The maximum absolute atomic E-state index is 5.00. The van der Waals surface area contributed by atoms with E-state index in [4.69, 9.17) is 4.84 Å². The van der Waals surface area contributed by atoms with Gasteiger partial charge in [-0.1, -0.05) is 0 Å². The minimum atomic E-state index is 0.707. The van der Waals surface area contributed by atoms with Gasteiger partial charge in [-0.25, -0.2) is 5.48 Å². The smallest absolute Gasteiger partial charge is 0.0725 e. The molecule has 0 saturated heterocycles. The number of rotatable bonds is 4. The van der Waals surface area contributed by atoms with Crippen molar-refractivity contribution < 1.29 is 4.84 Å². The SMILES string of the molecule is CNOCC1CC1NC. The number of hydrogen-bond acceptors (Lipinski definition) is 3. The molecule has 0 bridgehead atoms. The van der Waals surface area contributed by atoms with E-state index in [2.05, 4.69) is 10.8 Å². The molecule has 0 radical (unpaired) electrons. The van der Waals surface area contributed by atoms with E-state index in [0.29, 0.717) is 6.04 Å². The molecule has 3 heteroatoms. The van der Waals surface area contributed by atoms with Crippen LogP contribution in [-0.2, 0) is 4.84 Å². The Kier molecular flexibility index (Phi) is 2.45. The zero-order valence-corrected chi connectivity index (χ0v) is 5.98. The molecule has 0 aromatic rings. The zero-order valence-electron chi connectivity index (χ0n) is 5.98. The van der Waals surface area contributed by atoms with Crippen molar-refractivity contribution in [2.24, 2.45) is 5.92 Å². The molecule has 3 nitrogen and oxygen atoms in total. The van der Waals surface area contributed by atoms with E-state index in [0.717, 1.165) is 12.5 Å². The van der Waals surface area contributed by atoms with E-state index in [1.165, 1.54) is 6.42 Å². The van der Waals surface area contributed by atoms with Gasteiger partial charge in [0.25, 0.3) is 0 Å². The maximum atomic E-state index is 5.00. The molecule has 0 aliphatic heterocycles. The second-order valence-electron chi connectivity index (χ2n) is 2.41. The summed E-state index contributed by atoms with van der Waals surface area (Å²) in [5.74, 6) is 0.738. The van der Waals surface area contributed by atoms with Crippen LogP contribution in [0.5, 0.6) is 0 Å². The van der Waals surface area contributed by atoms with Crippen molar-refractivity contribution in [2.75, 3.05) is 20.7 Å². The Morgan fingerprint density at radius 3 is 2.78 bits per heavy atom. The minimum Gasteiger partial charge on any atom is -0.317 e. The fourth-order valence-electron chi connectivity index (χ4n) is 0.976. The van der Waals surface area contributed by atoms with Crippen LogP contribution < -0.4 is 10.8 Å². The predicted molar refractivity (Wildman–Crippen MR) is 36.0 cm³/mol. The second-order valence-corrected chi connectivity index (χ2v) is 2.41. The van der Waals surface area contributed by atoms with Gasteiger partial charge in [0.05, 0.1) is 6.61 Å². The summed E-state index contributed by atoms with van der Waals surface area (Å²) < 4.78 is 0. The van der Waals surface area contributed by atoms with Crippen LogP contribution in [0, 0.1) is 5.92 Å². The van der Waals surface area contributed by atoms with E-state index >= 15 is 0 Å². The monoisotopic (exact) mass is 130 g/mol. The van der Waals surface area contributed by atoms with E-state index in [-0.39, 0.29) is 0 Å². The molecule has 1 rings (SSSR count). The van der Waals surface area contributed by atoms with Crippen molar-refractivity contribution in [3.8, 4) is 0 Å². The van der Waals surface area contributed by atoms with Crippen molar-refractivity contribution in [1.82, 2.24) is 10.8 Å². The van der Waals surface area contributed by atoms with Gasteiger partial charge in [-0.2, -0.15) is 0 Å². The molecule has 0 aromatic carbocycles. The fraction of sp³-hybridized carbons (Fsp3) is 1.00. The van der Waals surface area contributed by atoms with Crippen LogP contribution in [0.15, 0.2) is 0 Å². The summed E-state index contributed by atoms with van der Waals surface area (Å²) in [7, 11) is 3.78. The third-order valence-electron chi connectivity index (χ3n) is 1.74. The fourth-order valence-corrected chi connectivity index (χ4v) is 0.976. The first-order valence-corrected chi connectivity index (χ1v) is 3.34. The average Bonchev–Trinajstić information content (AvgIpc) is 2.62. The van der Waals surface area contributed by atoms with Gasteiger partial charge in [0.15, 0.2) is 0 Å². The van der Waals surface area contributed by atoms with Crippen LogP contribution in [-0.4, -0.2) is 26.7 Å². The highest BCUT2D eigenvalue weighted by atomic mass is 16.6. The molecular formula is C6H14N2O. The lowest BCUT2D eigenvalue weighted by molar-refractivity contribution is 0.0487. The number of hydroxylamine groups is 1. The standard InChI is InChI=1S/C6H14N2O/c1-7-6-3-5(6)4-9-8-2/h5-8H,3-4H2,1-2H3. The molecule has 2 N–H and O–H groups in total. The van der Waals surface area contributed by atoms with Crippen LogP contribution in [0.25, 0.3) is 0 Å². The lowest BCUT2D eigenvalue weighted by Gasteiger charge is -1.98. The quantitative estimate of drug-likeness (QED) is 0.515. The Balaban J connectivity index is 1.92. The molecule has 1 aliphatic rings. The topological polar surface area (TPSA) is 33.3 Å². The lowest BCUT2D eigenvalue weighted by Crippen LogP contribution is -2.16. The molecule has 1 saturated carbocycles. The highest BCUT2D eigenvalue weighted by Gasteiger charge is 2.35. The third-order valence-corrected chi connectivity index (χ3v) is 1.74. The average molecular weight is 130 g/mol. The Morgan fingerprint density at radius 2 is 2.33 bits per heavy atom. The third kappa shape index (κ3) is 1.93. The first kappa shape index (κ1) is 6.99. The van der Waals surface area contributed by atoms with E-state index in [9.17, 15) is 0 Å². The highest BCUT2D eigenvalue weighted by Crippen LogP contribution is 2.29. The van der Waals surface area contributed by atoms with Crippen LogP contribution in [0.4, 0.5) is 0 Å². The van der Waals surface area contributed by atoms with Gasteiger partial charge >= 0.3 is 0 Å². The van der Waals surface area contributed by atoms with E-state index in [1.807, 2.05) is 7.05 Å². The van der Waals surface area contributed by atoms with Gasteiger partial charge in [0, 0.05) is 19.0 Å². The Morgan fingerprint density at radius 1 is 1.56 bits per heavy atom. The summed E-state index contributed by atoms with van der Waals surface area (Å²) in [5, 5.41) is 3.19. The van der Waals surface area contributed by atoms with Crippen molar-refractivity contribution in [2.45, 2.75) is 12.5 Å². The summed E-state index contributed by atoms with van der Waals surface area (Å²) in [5.41, 5.74) is 2.66.